The largest absolute Gasteiger partial charge is 0.492 e. The van der Waals surface area contributed by atoms with Gasteiger partial charge in [0.15, 0.2) is 5.96 Å². The minimum atomic E-state index is 0. The molecule has 0 bridgehead atoms. The van der Waals surface area contributed by atoms with Crippen LogP contribution in [0.15, 0.2) is 29.3 Å². The number of nitrogens with zero attached hydrogens (tertiary/aromatic N) is 2. The number of methoxy groups -OCH3 is 1. The van der Waals surface area contributed by atoms with E-state index in [1.807, 2.05) is 12.1 Å². The highest BCUT2D eigenvalue weighted by Gasteiger charge is 2.24. The quantitative estimate of drug-likeness (QED) is 0.236. The Kier molecular flexibility index (Phi) is 12.4. The Balaban J connectivity index is 0.00000364. The van der Waals surface area contributed by atoms with Crippen LogP contribution in [0.5, 0.6) is 5.75 Å². The number of halogens is 1. The fourth-order valence-corrected chi connectivity index (χ4v) is 2.93. The molecule has 1 aliphatic heterocycles. The molecule has 0 saturated carbocycles. The van der Waals surface area contributed by atoms with Gasteiger partial charge in [-0.15, -0.1) is 24.0 Å². The second kappa shape index (κ2) is 14.0. The standard InChI is InChI=1S/C20H33N3O3.HI/c1-4-21-20(22-10-12-26-19-7-5-17(2)6-8-19)23-11-9-18(15-23)16-25-14-13-24-3;/h5-8,18H,4,9-16H2,1-3H3,(H,21,22);1H. The smallest absolute Gasteiger partial charge is 0.194 e. The third kappa shape index (κ3) is 9.12. The van der Waals surface area contributed by atoms with Crippen molar-refractivity contribution < 1.29 is 14.2 Å². The zero-order valence-electron chi connectivity index (χ0n) is 16.8. The van der Waals surface area contributed by atoms with E-state index in [1.165, 1.54) is 5.56 Å². The first-order valence-corrected chi connectivity index (χ1v) is 9.52. The second-order valence-corrected chi connectivity index (χ2v) is 6.57. The lowest BCUT2D eigenvalue weighted by Gasteiger charge is -2.21. The Bertz CT molecular complexity index is 540. The summed E-state index contributed by atoms with van der Waals surface area (Å²) in [4.78, 5) is 7.04. The maximum absolute atomic E-state index is 5.76. The van der Waals surface area contributed by atoms with Crippen molar-refractivity contribution in [2.45, 2.75) is 20.3 Å². The summed E-state index contributed by atoms with van der Waals surface area (Å²) in [5.74, 6) is 2.42. The number of hydrogen-bond donors (Lipinski definition) is 1. The van der Waals surface area contributed by atoms with E-state index in [-0.39, 0.29) is 24.0 Å². The molecule has 1 aromatic carbocycles. The molecule has 0 radical (unpaired) electrons. The molecule has 0 aliphatic carbocycles. The number of hydrogen-bond acceptors (Lipinski definition) is 4. The van der Waals surface area contributed by atoms with Gasteiger partial charge in [-0.25, -0.2) is 4.99 Å². The number of rotatable bonds is 10. The van der Waals surface area contributed by atoms with Crippen LogP contribution in [0.3, 0.4) is 0 Å². The van der Waals surface area contributed by atoms with Crippen molar-refractivity contribution in [2.75, 3.05) is 59.7 Å². The van der Waals surface area contributed by atoms with E-state index in [0.717, 1.165) is 44.4 Å². The summed E-state index contributed by atoms with van der Waals surface area (Å²) in [6.07, 6.45) is 1.14. The molecule has 0 aromatic heterocycles. The van der Waals surface area contributed by atoms with Gasteiger partial charge in [-0.3, -0.25) is 0 Å². The lowest BCUT2D eigenvalue weighted by atomic mass is 10.1. The highest BCUT2D eigenvalue weighted by atomic mass is 127. The molecule has 1 N–H and O–H groups in total. The number of aryl methyl sites for hydroxylation is 1. The van der Waals surface area contributed by atoms with Crippen molar-refractivity contribution in [1.82, 2.24) is 10.2 Å². The average molecular weight is 491 g/mol. The lowest BCUT2D eigenvalue weighted by Crippen LogP contribution is -2.40. The van der Waals surface area contributed by atoms with Gasteiger partial charge in [0.05, 0.1) is 26.4 Å². The predicted octanol–water partition coefficient (Wildman–Crippen LogP) is 2.94. The van der Waals surface area contributed by atoms with E-state index in [9.17, 15) is 0 Å². The SMILES string of the molecule is CCNC(=NCCOc1ccc(C)cc1)N1CCC(COCCOC)C1.I. The van der Waals surface area contributed by atoms with E-state index in [4.69, 9.17) is 19.2 Å². The third-order valence-corrected chi connectivity index (χ3v) is 4.35. The van der Waals surface area contributed by atoms with Crippen molar-refractivity contribution >= 4 is 29.9 Å². The normalized spacial score (nSPS) is 16.9. The molecule has 6 nitrogen and oxygen atoms in total. The predicted molar refractivity (Wildman–Crippen MR) is 120 cm³/mol. The van der Waals surface area contributed by atoms with Gasteiger partial charge in [-0.2, -0.15) is 0 Å². The van der Waals surface area contributed by atoms with Gasteiger partial charge >= 0.3 is 0 Å². The molecule has 1 unspecified atom stereocenters. The first-order valence-electron chi connectivity index (χ1n) is 9.52. The first-order chi connectivity index (χ1) is 12.7. The fraction of sp³-hybridized carbons (Fsp3) is 0.650. The number of ether oxygens (including phenoxy) is 3. The zero-order valence-corrected chi connectivity index (χ0v) is 19.1. The van der Waals surface area contributed by atoms with Crippen molar-refractivity contribution in [2.24, 2.45) is 10.9 Å². The van der Waals surface area contributed by atoms with Crippen LogP contribution < -0.4 is 10.1 Å². The van der Waals surface area contributed by atoms with Crippen LogP contribution in [-0.2, 0) is 9.47 Å². The van der Waals surface area contributed by atoms with E-state index >= 15 is 0 Å². The van der Waals surface area contributed by atoms with Gasteiger partial charge in [-0.1, -0.05) is 17.7 Å². The molecule has 1 aliphatic rings. The zero-order chi connectivity index (χ0) is 18.6. The van der Waals surface area contributed by atoms with Gasteiger partial charge < -0.3 is 24.4 Å². The summed E-state index contributed by atoms with van der Waals surface area (Å²) in [5, 5.41) is 3.39. The van der Waals surface area contributed by atoms with Gasteiger partial charge in [-0.05, 0) is 32.4 Å². The van der Waals surface area contributed by atoms with E-state index in [1.54, 1.807) is 7.11 Å². The molecule has 27 heavy (non-hydrogen) atoms. The van der Waals surface area contributed by atoms with Gasteiger partial charge in [0.1, 0.15) is 12.4 Å². The van der Waals surface area contributed by atoms with Gasteiger partial charge in [0.25, 0.3) is 0 Å². The topological polar surface area (TPSA) is 55.3 Å². The van der Waals surface area contributed by atoms with Crippen molar-refractivity contribution in [3.8, 4) is 5.75 Å². The van der Waals surface area contributed by atoms with Crippen LogP contribution in [0.25, 0.3) is 0 Å². The molecule has 7 heteroatoms. The van der Waals surface area contributed by atoms with E-state index in [2.05, 4.69) is 36.2 Å². The molecular formula is C20H34IN3O3. The highest BCUT2D eigenvalue weighted by Crippen LogP contribution is 2.16. The van der Waals surface area contributed by atoms with Crippen LogP contribution in [-0.4, -0.2) is 70.6 Å². The summed E-state index contributed by atoms with van der Waals surface area (Å²) in [6, 6.07) is 8.11. The fourth-order valence-electron chi connectivity index (χ4n) is 2.93. The molecule has 0 spiro atoms. The Morgan fingerprint density at radius 3 is 2.70 bits per heavy atom. The molecule has 1 aromatic rings. The summed E-state index contributed by atoms with van der Waals surface area (Å²) in [6.45, 7) is 10.4. The number of guanidine groups is 1. The summed E-state index contributed by atoms with van der Waals surface area (Å²) >= 11 is 0. The van der Waals surface area contributed by atoms with Crippen LogP contribution in [0.2, 0.25) is 0 Å². The lowest BCUT2D eigenvalue weighted by molar-refractivity contribution is 0.0536. The average Bonchev–Trinajstić information content (AvgIpc) is 3.12. The maximum Gasteiger partial charge on any atom is 0.194 e. The van der Waals surface area contributed by atoms with Crippen LogP contribution in [0, 0.1) is 12.8 Å². The minimum absolute atomic E-state index is 0. The highest BCUT2D eigenvalue weighted by molar-refractivity contribution is 14.0. The number of benzene rings is 1. The Morgan fingerprint density at radius 2 is 2.00 bits per heavy atom. The minimum Gasteiger partial charge on any atom is -0.492 e. The Labute approximate surface area is 180 Å². The number of aliphatic imine (C=N–C) groups is 1. The van der Waals surface area contributed by atoms with Gasteiger partial charge in [0, 0.05) is 32.7 Å². The van der Waals surface area contributed by atoms with Crippen molar-refractivity contribution in [3.63, 3.8) is 0 Å². The molecule has 0 amide bonds. The van der Waals surface area contributed by atoms with Gasteiger partial charge in [0.2, 0.25) is 0 Å². The molecular weight excluding hydrogens is 457 g/mol. The van der Waals surface area contributed by atoms with E-state index < -0.39 is 0 Å². The third-order valence-electron chi connectivity index (χ3n) is 4.35. The summed E-state index contributed by atoms with van der Waals surface area (Å²) < 4.78 is 16.4. The summed E-state index contributed by atoms with van der Waals surface area (Å²) in [5.41, 5.74) is 1.24. The summed E-state index contributed by atoms with van der Waals surface area (Å²) in [7, 11) is 1.70. The first kappa shape index (κ1) is 24.0. The Morgan fingerprint density at radius 1 is 1.22 bits per heavy atom. The number of likely N-dealkylation sites (tertiary alicyclic amines) is 1. The van der Waals surface area contributed by atoms with Crippen LogP contribution in [0.1, 0.15) is 18.9 Å². The Hall–Kier alpha value is -1.06. The molecule has 1 saturated heterocycles. The molecule has 154 valence electrons. The molecule has 2 rings (SSSR count). The van der Waals surface area contributed by atoms with E-state index in [0.29, 0.717) is 32.3 Å². The maximum atomic E-state index is 5.76. The molecule has 1 fully saturated rings. The molecule has 1 heterocycles. The molecule has 1 atom stereocenters. The van der Waals surface area contributed by atoms with Crippen LogP contribution in [0.4, 0.5) is 0 Å². The van der Waals surface area contributed by atoms with Crippen molar-refractivity contribution in [3.05, 3.63) is 29.8 Å². The number of nitrogens with one attached hydrogen (secondary N) is 1. The monoisotopic (exact) mass is 491 g/mol. The van der Waals surface area contributed by atoms with Crippen LogP contribution >= 0.6 is 24.0 Å². The van der Waals surface area contributed by atoms with Crippen molar-refractivity contribution in [1.29, 1.82) is 0 Å². The second-order valence-electron chi connectivity index (χ2n) is 6.57.